The maximum Gasteiger partial charge on any atom is 0.234 e. The molecular formula is C17H15F2N5O2S2. The third-order valence-corrected chi connectivity index (χ3v) is 5.41. The van der Waals surface area contributed by atoms with Crippen LogP contribution >= 0.6 is 23.1 Å². The van der Waals surface area contributed by atoms with Gasteiger partial charge in [0.2, 0.25) is 11.8 Å². The van der Waals surface area contributed by atoms with Crippen molar-refractivity contribution < 1.29 is 18.4 Å². The van der Waals surface area contributed by atoms with Crippen molar-refractivity contribution in [2.24, 2.45) is 5.73 Å². The minimum atomic E-state index is -0.858. The molecule has 11 heteroatoms. The van der Waals surface area contributed by atoms with Gasteiger partial charge < -0.3 is 15.6 Å². The first kappa shape index (κ1) is 20.0. The highest BCUT2D eigenvalue weighted by Crippen LogP contribution is 2.27. The van der Waals surface area contributed by atoms with Crippen molar-refractivity contribution in [1.82, 2.24) is 14.8 Å². The largest absolute Gasteiger partial charge is 0.370 e. The molecule has 0 spiro atoms. The molecule has 2 aromatic heterocycles. The van der Waals surface area contributed by atoms with E-state index in [0.29, 0.717) is 17.0 Å². The number of carbonyl (C=O) groups excluding carboxylic acids is 2. The molecule has 2 heterocycles. The molecule has 7 nitrogen and oxygen atoms in total. The Bertz CT molecular complexity index is 992. The second-order valence-electron chi connectivity index (χ2n) is 5.61. The minimum absolute atomic E-state index is 0.0735. The Labute approximate surface area is 167 Å². The van der Waals surface area contributed by atoms with Gasteiger partial charge in [-0.05, 0) is 23.6 Å². The molecule has 146 valence electrons. The van der Waals surface area contributed by atoms with E-state index in [1.165, 1.54) is 11.3 Å². The van der Waals surface area contributed by atoms with Crippen molar-refractivity contribution in [2.45, 2.75) is 18.1 Å². The molecule has 3 N–H and O–H groups in total. The van der Waals surface area contributed by atoms with Crippen LogP contribution in [-0.4, -0.2) is 32.3 Å². The second kappa shape index (κ2) is 8.93. The van der Waals surface area contributed by atoms with E-state index in [1.807, 2.05) is 17.5 Å². The number of anilines is 1. The van der Waals surface area contributed by atoms with Crippen molar-refractivity contribution in [2.75, 3.05) is 11.1 Å². The topological polar surface area (TPSA) is 103 Å². The molecule has 28 heavy (non-hydrogen) atoms. The van der Waals surface area contributed by atoms with Crippen molar-refractivity contribution in [1.29, 1.82) is 0 Å². The number of hydrogen-bond donors (Lipinski definition) is 2. The quantitative estimate of drug-likeness (QED) is 0.543. The van der Waals surface area contributed by atoms with Gasteiger partial charge in [0.1, 0.15) is 11.6 Å². The van der Waals surface area contributed by atoms with Gasteiger partial charge >= 0.3 is 0 Å². The van der Waals surface area contributed by atoms with Crippen molar-refractivity contribution in [3.8, 4) is 10.7 Å². The van der Waals surface area contributed by atoms with Crippen molar-refractivity contribution >= 4 is 40.6 Å². The van der Waals surface area contributed by atoms with Gasteiger partial charge in [0.15, 0.2) is 11.0 Å². The number of nitrogens with zero attached hydrogens (tertiary/aromatic N) is 3. The van der Waals surface area contributed by atoms with Crippen LogP contribution in [0.3, 0.4) is 0 Å². The van der Waals surface area contributed by atoms with Crippen molar-refractivity contribution in [3.05, 3.63) is 47.3 Å². The van der Waals surface area contributed by atoms with E-state index in [1.54, 1.807) is 4.57 Å². The van der Waals surface area contributed by atoms with Gasteiger partial charge in [0.05, 0.1) is 16.3 Å². The lowest BCUT2D eigenvalue weighted by Gasteiger charge is -2.09. The maximum atomic E-state index is 13.6. The molecule has 0 saturated carbocycles. The van der Waals surface area contributed by atoms with Crippen LogP contribution in [0.1, 0.15) is 6.42 Å². The SMILES string of the molecule is NC(=O)CCn1c(SCC(=O)Nc2ccc(F)cc2F)nnc1-c1cccs1. The molecule has 0 saturated heterocycles. The molecular weight excluding hydrogens is 408 g/mol. The van der Waals surface area contributed by atoms with E-state index >= 15 is 0 Å². The first-order valence-corrected chi connectivity index (χ1v) is 9.93. The number of nitrogens with one attached hydrogen (secondary N) is 1. The third-order valence-electron chi connectivity index (χ3n) is 3.58. The molecule has 2 amide bonds. The second-order valence-corrected chi connectivity index (χ2v) is 7.50. The van der Waals surface area contributed by atoms with Gasteiger partial charge in [0, 0.05) is 19.0 Å². The lowest BCUT2D eigenvalue weighted by molar-refractivity contribution is -0.118. The van der Waals surface area contributed by atoms with Crippen LogP contribution in [0.15, 0.2) is 40.9 Å². The zero-order valence-corrected chi connectivity index (χ0v) is 16.0. The molecule has 3 aromatic rings. The Morgan fingerprint density at radius 1 is 1.25 bits per heavy atom. The van der Waals surface area contributed by atoms with Crippen LogP contribution in [0.25, 0.3) is 10.7 Å². The summed E-state index contributed by atoms with van der Waals surface area (Å²) in [4.78, 5) is 24.1. The van der Waals surface area contributed by atoms with Gasteiger partial charge in [-0.1, -0.05) is 17.8 Å². The molecule has 0 radical (unpaired) electrons. The minimum Gasteiger partial charge on any atom is -0.370 e. The number of rotatable bonds is 8. The smallest absolute Gasteiger partial charge is 0.234 e. The standard InChI is InChI=1S/C17H15F2N5O2S2/c18-10-3-4-12(11(19)8-10)21-15(26)9-28-17-23-22-16(13-2-1-7-27-13)24(17)6-5-14(20)25/h1-4,7-8H,5-6,9H2,(H2,20,25)(H,21,26). The van der Waals surface area contributed by atoms with E-state index in [2.05, 4.69) is 15.5 Å². The maximum absolute atomic E-state index is 13.6. The van der Waals surface area contributed by atoms with Gasteiger partial charge in [-0.3, -0.25) is 9.59 Å². The van der Waals surface area contributed by atoms with Crippen molar-refractivity contribution in [3.63, 3.8) is 0 Å². The third kappa shape index (κ3) is 4.93. The van der Waals surface area contributed by atoms with Gasteiger partial charge in [-0.2, -0.15) is 0 Å². The molecule has 3 rings (SSSR count). The summed E-state index contributed by atoms with van der Waals surface area (Å²) in [6.07, 6.45) is 0.0942. The van der Waals surface area contributed by atoms with Crippen LogP contribution in [0, 0.1) is 11.6 Å². The fourth-order valence-corrected chi connectivity index (χ4v) is 3.80. The molecule has 0 bridgehead atoms. The highest BCUT2D eigenvalue weighted by atomic mass is 32.2. The fourth-order valence-electron chi connectivity index (χ4n) is 2.31. The Kier molecular flexibility index (Phi) is 6.37. The van der Waals surface area contributed by atoms with Crippen LogP contribution in [0.2, 0.25) is 0 Å². The normalized spacial score (nSPS) is 10.8. The zero-order valence-electron chi connectivity index (χ0n) is 14.4. The summed E-state index contributed by atoms with van der Waals surface area (Å²) in [7, 11) is 0. The molecule has 0 atom stereocenters. The highest BCUT2D eigenvalue weighted by molar-refractivity contribution is 7.99. The number of carbonyl (C=O) groups is 2. The predicted octanol–water partition coefficient (Wildman–Crippen LogP) is 2.89. The number of nitrogens with two attached hydrogens (primary N) is 1. The molecule has 0 aliphatic heterocycles. The summed E-state index contributed by atoms with van der Waals surface area (Å²) in [6.45, 7) is 0.270. The van der Waals surface area contributed by atoms with E-state index in [0.717, 1.165) is 28.8 Å². The summed E-state index contributed by atoms with van der Waals surface area (Å²) in [5.74, 6) is -2.04. The lowest BCUT2D eigenvalue weighted by atomic mass is 10.3. The summed E-state index contributed by atoms with van der Waals surface area (Å²) in [5.41, 5.74) is 5.13. The summed E-state index contributed by atoms with van der Waals surface area (Å²) >= 11 is 2.55. The number of primary amides is 1. The van der Waals surface area contributed by atoms with Gasteiger partial charge in [0.25, 0.3) is 0 Å². The zero-order chi connectivity index (χ0) is 20.1. The van der Waals surface area contributed by atoms with Crippen LogP contribution in [0.4, 0.5) is 14.5 Å². The number of thioether (sulfide) groups is 1. The monoisotopic (exact) mass is 423 g/mol. The summed E-state index contributed by atoms with van der Waals surface area (Å²) < 4.78 is 28.3. The molecule has 0 aliphatic rings. The number of thiophene rings is 1. The Hall–Kier alpha value is -2.79. The Morgan fingerprint density at radius 3 is 2.75 bits per heavy atom. The van der Waals surface area contributed by atoms with Gasteiger partial charge in [-0.25, -0.2) is 8.78 Å². The average molecular weight is 423 g/mol. The lowest BCUT2D eigenvalue weighted by Crippen LogP contribution is -2.17. The van der Waals surface area contributed by atoms with Gasteiger partial charge in [-0.15, -0.1) is 21.5 Å². The number of aromatic nitrogens is 3. The molecule has 1 aromatic carbocycles. The first-order chi connectivity index (χ1) is 13.4. The summed E-state index contributed by atoms with van der Waals surface area (Å²) in [5, 5.41) is 12.9. The number of halogens is 2. The fraction of sp³-hybridized carbons (Fsp3) is 0.176. The van der Waals surface area contributed by atoms with Crippen LogP contribution in [-0.2, 0) is 16.1 Å². The molecule has 0 fully saturated rings. The van der Waals surface area contributed by atoms with Crippen LogP contribution < -0.4 is 11.1 Å². The van der Waals surface area contributed by atoms with E-state index in [9.17, 15) is 18.4 Å². The number of amides is 2. The first-order valence-electron chi connectivity index (χ1n) is 8.07. The molecule has 0 unspecified atom stereocenters. The van der Waals surface area contributed by atoms with Crippen LogP contribution in [0.5, 0.6) is 0 Å². The Morgan fingerprint density at radius 2 is 2.07 bits per heavy atom. The summed E-state index contributed by atoms with van der Waals surface area (Å²) in [6, 6.07) is 6.63. The van der Waals surface area contributed by atoms with E-state index in [-0.39, 0.29) is 24.4 Å². The average Bonchev–Trinajstić information content (AvgIpc) is 3.29. The number of benzene rings is 1. The van der Waals surface area contributed by atoms with E-state index in [4.69, 9.17) is 5.73 Å². The number of hydrogen-bond acceptors (Lipinski definition) is 6. The predicted molar refractivity (Wildman–Crippen MR) is 103 cm³/mol. The highest BCUT2D eigenvalue weighted by Gasteiger charge is 2.17. The Balaban J connectivity index is 1.70. The molecule has 0 aliphatic carbocycles. The van der Waals surface area contributed by atoms with E-state index < -0.39 is 23.4 Å².